The quantitative estimate of drug-likeness (QED) is 0.680. The molecule has 0 bridgehead atoms. The van der Waals surface area contributed by atoms with E-state index in [0.29, 0.717) is 32.8 Å². The van der Waals surface area contributed by atoms with Crippen molar-refractivity contribution in [2.24, 2.45) is 5.92 Å². The maximum atomic E-state index is 11.9. The van der Waals surface area contributed by atoms with Crippen LogP contribution in [-0.2, 0) is 19.6 Å². The monoisotopic (exact) mass is 292 g/mol. The lowest BCUT2D eigenvalue weighted by Crippen LogP contribution is -2.45. The molecule has 112 valence electrons. The van der Waals surface area contributed by atoms with E-state index in [1.54, 1.807) is 0 Å². The van der Waals surface area contributed by atoms with Crippen molar-refractivity contribution in [1.82, 2.24) is 9.62 Å². The molecule has 1 fully saturated rings. The summed E-state index contributed by atoms with van der Waals surface area (Å²) in [5, 5.41) is 2.84. The van der Waals surface area contributed by atoms with Crippen LogP contribution < -0.4 is 5.32 Å². The Labute approximate surface area is 115 Å². The number of hydrogen-bond donors (Lipinski definition) is 1. The normalized spacial score (nSPS) is 21.3. The molecule has 0 aromatic carbocycles. The first-order valence-corrected chi connectivity index (χ1v) is 8.60. The third-order valence-electron chi connectivity index (χ3n) is 3.19. The Morgan fingerprint density at radius 1 is 1.47 bits per heavy atom. The van der Waals surface area contributed by atoms with E-state index >= 15 is 0 Å². The van der Waals surface area contributed by atoms with Gasteiger partial charge in [-0.25, -0.2) is 12.7 Å². The molecule has 1 rings (SSSR count). The number of nitrogens with zero attached hydrogens (tertiary/aromatic N) is 1. The van der Waals surface area contributed by atoms with Crippen LogP contribution in [0.2, 0.25) is 0 Å². The van der Waals surface area contributed by atoms with Gasteiger partial charge in [-0.1, -0.05) is 0 Å². The molecule has 0 aliphatic carbocycles. The molecule has 1 aliphatic heterocycles. The Balaban J connectivity index is 2.32. The van der Waals surface area contributed by atoms with Crippen molar-refractivity contribution in [2.75, 3.05) is 39.1 Å². The van der Waals surface area contributed by atoms with Gasteiger partial charge in [-0.15, -0.1) is 0 Å². The molecule has 1 aliphatic rings. The lowest BCUT2D eigenvalue weighted by Gasteiger charge is -2.30. The van der Waals surface area contributed by atoms with Gasteiger partial charge in [0, 0.05) is 32.8 Å². The number of piperidine rings is 1. The molecule has 0 radical (unpaired) electrons. The average molecular weight is 292 g/mol. The van der Waals surface area contributed by atoms with Gasteiger partial charge in [0.2, 0.25) is 15.9 Å². The molecule has 0 aromatic heterocycles. The zero-order chi connectivity index (χ0) is 14.3. The number of amides is 1. The van der Waals surface area contributed by atoms with Crippen molar-refractivity contribution in [1.29, 1.82) is 0 Å². The van der Waals surface area contributed by atoms with Crippen LogP contribution in [0, 0.1) is 5.92 Å². The summed E-state index contributed by atoms with van der Waals surface area (Å²) in [7, 11) is -3.19. The third kappa shape index (κ3) is 5.88. The summed E-state index contributed by atoms with van der Waals surface area (Å²) in [6.45, 7) is 4.65. The van der Waals surface area contributed by atoms with Gasteiger partial charge in [-0.2, -0.15) is 0 Å². The maximum Gasteiger partial charge on any atom is 0.224 e. The van der Waals surface area contributed by atoms with E-state index in [1.165, 1.54) is 10.6 Å². The minimum atomic E-state index is -3.19. The molecule has 1 heterocycles. The smallest absolute Gasteiger partial charge is 0.224 e. The van der Waals surface area contributed by atoms with Gasteiger partial charge in [0.1, 0.15) is 0 Å². The Kier molecular flexibility index (Phi) is 6.74. The van der Waals surface area contributed by atoms with Crippen LogP contribution in [0.15, 0.2) is 0 Å². The van der Waals surface area contributed by atoms with Gasteiger partial charge in [0.25, 0.3) is 0 Å². The number of hydrogen-bond acceptors (Lipinski definition) is 4. The van der Waals surface area contributed by atoms with E-state index in [4.69, 9.17) is 4.74 Å². The number of carbonyl (C=O) groups excluding carboxylic acids is 1. The highest BCUT2D eigenvalue weighted by atomic mass is 32.2. The molecule has 0 unspecified atom stereocenters. The second-order valence-electron chi connectivity index (χ2n) is 4.80. The van der Waals surface area contributed by atoms with Crippen LogP contribution in [0.4, 0.5) is 0 Å². The molecule has 0 spiro atoms. The Hall–Kier alpha value is -0.660. The molecule has 0 saturated carbocycles. The van der Waals surface area contributed by atoms with Crippen LogP contribution in [-0.4, -0.2) is 57.7 Å². The van der Waals surface area contributed by atoms with Crippen LogP contribution >= 0.6 is 0 Å². The fourth-order valence-electron chi connectivity index (χ4n) is 2.13. The lowest BCUT2D eigenvalue weighted by molar-refractivity contribution is -0.126. The topological polar surface area (TPSA) is 75.7 Å². The fraction of sp³-hybridized carbons (Fsp3) is 0.917. The van der Waals surface area contributed by atoms with E-state index in [-0.39, 0.29) is 11.8 Å². The molecule has 7 heteroatoms. The van der Waals surface area contributed by atoms with E-state index < -0.39 is 10.0 Å². The second-order valence-corrected chi connectivity index (χ2v) is 6.78. The molecular formula is C12H24N2O4S. The molecule has 0 aromatic rings. The second kappa shape index (κ2) is 7.81. The number of carbonyl (C=O) groups is 1. The van der Waals surface area contributed by atoms with Gasteiger partial charge in [-0.05, 0) is 26.2 Å². The molecule has 1 atom stereocenters. The Morgan fingerprint density at radius 3 is 2.84 bits per heavy atom. The summed E-state index contributed by atoms with van der Waals surface area (Å²) >= 11 is 0. The molecule has 1 saturated heterocycles. The maximum absolute atomic E-state index is 11.9. The predicted molar refractivity (Wildman–Crippen MR) is 73.3 cm³/mol. The Morgan fingerprint density at radius 2 is 2.21 bits per heavy atom. The Bertz CT molecular complexity index is 383. The van der Waals surface area contributed by atoms with Crippen molar-refractivity contribution in [3.63, 3.8) is 0 Å². The van der Waals surface area contributed by atoms with Crippen molar-refractivity contribution in [2.45, 2.75) is 26.2 Å². The standard InChI is InChI=1S/C12H24N2O4S/c1-3-18-9-5-7-13-12(15)11-6-4-8-14(10-11)19(2,16)17/h11H,3-10H2,1-2H3,(H,13,15)/t11-/m1/s1. The molecular weight excluding hydrogens is 268 g/mol. The summed E-state index contributed by atoms with van der Waals surface area (Å²) in [5.41, 5.74) is 0. The predicted octanol–water partition coefficient (Wildman–Crippen LogP) is 0.201. The number of nitrogens with one attached hydrogen (secondary N) is 1. The highest BCUT2D eigenvalue weighted by Gasteiger charge is 2.29. The zero-order valence-electron chi connectivity index (χ0n) is 11.7. The van der Waals surface area contributed by atoms with Crippen LogP contribution in [0.5, 0.6) is 0 Å². The van der Waals surface area contributed by atoms with E-state index in [9.17, 15) is 13.2 Å². The average Bonchev–Trinajstić information content (AvgIpc) is 2.37. The lowest BCUT2D eigenvalue weighted by atomic mass is 9.99. The summed E-state index contributed by atoms with van der Waals surface area (Å²) in [4.78, 5) is 11.9. The van der Waals surface area contributed by atoms with E-state index in [2.05, 4.69) is 5.32 Å². The fourth-order valence-corrected chi connectivity index (χ4v) is 3.04. The minimum absolute atomic E-state index is 0.0511. The number of sulfonamides is 1. The van der Waals surface area contributed by atoms with Crippen molar-refractivity contribution in [3.8, 4) is 0 Å². The van der Waals surface area contributed by atoms with Gasteiger partial charge in [0.05, 0.1) is 12.2 Å². The number of rotatable bonds is 7. The summed E-state index contributed by atoms with van der Waals surface area (Å²) in [6, 6.07) is 0. The van der Waals surface area contributed by atoms with E-state index in [1.807, 2.05) is 6.92 Å². The van der Waals surface area contributed by atoms with Gasteiger partial charge >= 0.3 is 0 Å². The molecule has 6 nitrogen and oxygen atoms in total. The first-order valence-electron chi connectivity index (χ1n) is 6.75. The van der Waals surface area contributed by atoms with Crippen molar-refractivity contribution < 1.29 is 17.9 Å². The largest absolute Gasteiger partial charge is 0.382 e. The van der Waals surface area contributed by atoms with Gasteiger partial charge in [0.15, 0.2) is 0 Å². The van der Waals surface area contributed by atoms with Gasteiger partial charge in [-0.3, -0.25) is 4.79 Å². The van der Waals surface area contributed by atoms with Crippen LogP contribution in [0.3, 0.4) is 0 Å². The number of ether oxygens (including phenoxy) is 1. The minimum Gasteiger partial charge on any atom is -0.382 e. The summed E-state index contributed by atoms with van der Waals surface area (Å²) in [6.07, 6.45) is 3.46. The van der Waals surface area contributed by atoms with Gasteiger partial charge < -0.3 is 10.1 Å². The van der Waals surface area contributed by atoms with Crippen LogP contribution in [0.1, 0.15) is 26.2 Å². The molecule has 1 amide bonds. The first kappa shape index (κ1) is 16.4. The molecule has 19 heavy (non-hydrogen) atoms. The van der Waals surface area contributed by atoms with E-state index in [0.717, 1.165) is 19.3 Å². The highest BCUT2D eigenvalue weighted by Crippen LogP contribution is 2.18. The SMILES string of the molecule is CCOCCCNC(=O)[C@@H]1CCCN(S(C)(=O)=O)C1. The third-order valence-corrected chi connectivity index (χ3v) is 4.46. The van der Waals surface area contributed by atoms with Crippen molar-refractivity contribution in [3.05, 3.63) is 0 Å². The summed E-state index contributed by atoms with van der Waals surface area (Å²) < 4.78 is 29.5. The van der Waals surface area contributed by atoms with Crippen molar-refractivity contribution >= 4 is 15.9 Å². The zero-order valence-corrected chi connectivity index (χ0v) is 12.5. The highest BCUT2D eigenvalue weighted by molar-refractivity contribution is 7.88. The summed E-state index contributed by atoms with van der Waals surface area (Å²) in [5.74, 6) is -0.277. The first-order chi connectivity index (χ1) is 8.95. The molecule has 1 N–H and O–H groups in total. The van der Waals surface area contributed by atoms with Crippen LogP contribution in [0.25, 0.3) is 0 Å².